The van der Waals surface area contributed by atoms with Gasteiger partial charge in [0.2, 0.25) is 0 Å². The maximum absolute atomic E-state index is 11.2. The van der Waals surface area contributed by atoms with Gasteiger partial charge in [-0.05, 0) is 42.9 Å². The minimum absolute atomic E-state index is 0.820. The van der Waals surface area contributed by atoms with Crippen molar-refractivity contribution in [1.82, 2.24) is 0 Å². The lowest BCUT2D eigenvalue weighted by Crippen LogP contribution is -2.32. The highest BCUT2D eigenvalue weighted by Gasteiger charge is 2.20. The van der Waals surface area contributed by atoms with E-state index in [-0.39, 0.29) is 0 Å². The van der Waals surface area contributed by atoms with Crippen LogP contribution in [0.1, 0.15) is 33.5 Å². The summed E-state index contributed by atoms with van der Waals surface area (Å²) in [4.78, 5) is 13.6. The monoisotopic (exact) mass is 279 g/mol. The quantitative estimate of drug-likeness (QED) is 0.793. The van der Waals surface area contributed by atoms with Gasteiger partial charge in [-0.15, -0.1) is 0 Å². The van der Waals surface area contributed by atoms with E-state index in [1.54, 1.807) is 0 Å². The Hall–Kier alpha value is -2.09. The van der Waals surface area contributed by atoms with E-state index in [4.69, 9.17) is 0 Å². The highest BCUT2D eigenvalue weighted by atomic mass is 16.1. The van der Waals surface area contributed by atoms with Crippen molar-refractivity contribution in [2.45, 2.75) is 26.2 Å². The molecule has 1 aliphatic heterocycles. The molecular formula is C19H21NO. The van der Waals surface area contributed by atoms with Gasteiger partial charge in [0.1, 0.15) is 6.29 Å². The molecule has 0 unspecified atom stereocenters. The van der Waals surface area contributed by atoms with Crippen LogP contribution in [0.5, 0.6) is 0 Å². The Morgan fingerprint density at radius 1 is 1.14 bits per heavy atom. The number of rotatable bonds is 4. The molecule has 0 N–H and O–H groups in total. The molecule has 21 heavy (non-hydrogen) atoms. The molecular weight excluding hydrogens is 258 g/mol. The summed E-state index contributed by atoms with van der Waals surface area (Å²) in [5.41, 5.74) is 6.00. The number of hydrogen-bond acceptors (Lipinski definition) is 2. The maximum atomic E-state index is 11.2. The number of carbonyl (C=O) groups excluding carboxylic acids is 1. The van der Waals surface area contributed by atoms with Crippen LogP contribution in [0, 0.1) is 6.92 Å². The van der Waals surface area contributed by atoms with Crippen molar-refractivity contribution in [3.8, 4) is 0 Å². The van der Waals surface area contributed by atoms with Crippen molar-refractivity contribution in [2.24, 2.45) is 0 Å². The van der Waals surface area contributed by atoms with Crippen LogP contribution in [0.15, 0.2) is 42.5 Å². The third-order valence-corrected chi connectivity index (χ3v) is 4.39. The normalized spacial score (nSPS) is 13.9. The lowest BCUT2D eigenvalue weighted by molar-refractivity contribution is 0.112. The molecule has 0 aliphatic carbocycles. The minimum Gasteiger partial charge on any atom is -0.371 e. The topological polar surface area (TPSA) is 20.3 Å². The van der Waals surface area contributed by atoms with Crippen LogP contribution in [-0.4, -0.2) is 19.4 Å². The first-order valence-electron chi connectivity index (χ1n) is 7.66. The summed E-state index contributed by atoms with van der Waals surface area (Å²) >= 11 is 0. The molecule has 2 nitrogen and oxygen atoms in total. The summed E-state index contributed by atoms with van der Waals surface area (Å²) in [5.74, 6) is 0. The zero-order valence-electron chi connectivity index (χ0n) is 12.5. The number of carbonyl (C=O) groups is 1. The molecule has 0 atom stereocenters. The molecule has 1 heterocycles. The van der Waals surface area contributed by atoms with E-state index < -0.39 is 0 Å². The molecule has 3 rings (SSSR count). The predicted octanol–water partition coefficient (Wildman–Crippen LogP) is 3.80. The second-order valence-electron chi connectivity index (χ2n) is 5.73. The Morgan fingerprint density at radius 3 is 2.71 bits per heavy atom. The first-order chi connectivity index (χ1) is 10.3. The Bertz CT molecular complexity index is 634. The second-order valence-corrected chi connectivity index (χ2v) is 5.73. The minimum atomic E-state index is 0.820. The van der Waals surface area contributed by atoms with Crippen molar-refractivity contribution in [3.05, 3.63) is 64.7 Å². The van der Waals surface area contributed by atoms with Crippen molar-refractivity contribution in [1.29, 1.82) is 0 Å². The Labute approximate surface area is 126 Å². The predicted molar refractivity (Wildman–Crippen MR) is 87.2 cm³/mol. The Morgan fingerprint density at radius 2 is 1.95 bits per heavy atom. The molecule has 0 spiro atoms. The van der Waals surface area contributed by atoms with Gasteiger partial charge in [-0.2, -0.15) is 0 Å². The summed E-state index contributed by atoms with van der Waals surface area (Å²) in [6.07, 6.45) is 4.34. The second kappa shape index (κ2) is 6.13. The molecule has 0 bridgehead atoms. The maximum Gasteiger partial charge on any atom is 0.150 e. The average molecular weight is 279 g/mol. The van der Waals surface area contributed by atoms with Crippen LogP contribution in [0.4, 0.5) is 5.69 Å². The van der Waals surface area contributed by atoms with Gasteiger partial charge in [-0.1, -0.05) is 42.5 Å². The van der Waals surface area contributed by atoms with E-state index in [9.17, 15) is 4.79 Å². The van der Waals surface area contributed by atoms with E-state index >= 15 is 0 Å². The molecule has 2 aromatic rings. The number of anilines is 1. The molecule has 0 aromatic heterocycles. The number of benzene rings is 2. The summed E-state index contributed by atoms with van der Waals surface area (Å²) in [5, 5.41) is 0. The van der Waals surface area contributed by atoms with Gasteiger partial charge in [-0.25, -0.2) is 0 Å². The molecule has 108 valence electrons. The van der Waals surface area contributed by atoms with Crippen LogP contribution in [0.25, 0.3) is 0 Å². The molecule has 1 aliphatic rings. The van der Waals surface area contributed by atoms with Gasteiger partial charge < -0.3 is 4.90 Å². The number of aryl methyl sites for hydroxylation is 1. The molecule has 0 radical (unpaired) electrons. The fourth-order valence-corrected chi connectivity index (χ4v) is 3.25. The molecule has 0 saturated heterocycles. The molecule has 2 aromatic carbocycles. The number of aldehydes is 1. The molecule has 0 fully saturated rings. The zero-order chi connectivity index (χ0) is 14.7. The highest BCUT2D eigenvalue weighted by Crippen LogP contribution is 2.32. The van der Waals surface area contributed by atoms with Gasteiger partial charge in [0.25, 0.3) is 0 Å². The Kier molecular flexibility index (Phi) is 4.05. The summed E-state index contributed by atoms with van der Waals surface area (Å²) in [7, 11) is 0. The van der Waals surface area contributed by atoms with Crippen LogP contribution >= 0.6 is 0 Å². The van der Waals surface area contributed by atoms with E-state index in [0.29, 0.717) is 0 Å². The van der Waals surface area contributed by atoms with Crippen LogP contribution in [0.2, 0.25) is 0 Å². The van der Waals surface area contributed by atoms with Gasteiger partial charge >= 0.3 is 0 Å². The van der Waals surface area contributed by atoms with Crippen molar-refractivity contribution in [2.75, 3.05) is 18.0 Å². The summed E-state index contributed by atoms with van der Waals surface area (Å²) in [6, 6.07) is 14.7. The molecule has 0 saturated carbocycles. The fourth-order valence-electron chi connectivity index (χ4n) is 3.25. The first kappa shape index (κ1) is 13.9. The highest BCUT2D eigenvalue weighted by molar-refractivity contribution is 5.82. The third-order valence-electron chi connectivity index (χ3n) is 4.39. The van der Waals surface area contributed by atoms with Crippen molar-refractivity contribution >= 4 is 12.0 Å². The van der Waals surface area contributed by atoms with E-state index in [0.717, 1.165) is 43.3 Å². The van der Waals surface area contributed by atoms with Crippen LogP contribution in [0.3, 0.4) is 0 Å². The van der Waals surface area contributed by atoms with Gasteiger partial charge in [0.15, 0.2) is 0 Å². The standard InChI is InChI=1S/C19H21NO/c1-15-18(14-21)10-9-17-8-5-12-20(19(15)17)13-11-16-6-3-2-4-7-16/h2-4,6-7,9-10,14H,5,8,11-13H2,1H3. The number of fused-ring (bicyclic) bond motifs is 1. The van der Waals surface area contributed by atoms with E-state index in [2.05, 4.69) is 48.2 Å². The third kappa shape index (κ3) is 2.85. The lowest BCUT2D eigenvalue weighted by atomic mass is 9.95. The van der Waals surface area contributed by atoms with Crippen molar-refractivity contribution in [3.63, 3.8) is 0 Å². The largest absolute Gasteiger partial charge is 0.371 e. The summed E-state index contributed by atoms with van der Waals surface area (Å²) < 4.78 is 0. The van der Waals surface area contributed by atoms with Crippen molar-refractivity contribution < 1.29 is 4.79 Å². The SMILES string of the molecule is Cc1c(C=O)ccc2c1N(CCc1ccccc1)CCC2. The smallest absolute Gasteiger partial charge is 0.150 e. The summed E-state index contributed by atoms with van der Waals surface area (Å²) in [6.45, 7) is 4.17. The molecule has 2 heteroatoms. The fraction of sp³-hybridized carbons (Fsp3) is 0.316. The van der Waals surface area contributed by atoms with E-state index in [1.807, 2.05) is 6.07 Å². The number of nitrogens with zero attached hydrogens (tertiary/aromatic N) is 1. The number of hydrogen-bond donors (Lipinski definition) is 0. The van der Waals surface area contributed by atoms with Gasteiger partial charge in [0, 0.05) is 24.3 Å². The van der Waals surface area contributed by atoms with Gasteiger partial charge in [0.05, 0.1) is 0 Å². The van der Waals surface area contributed by atoms with E-state index in [1.165, 1.54) is 23.2 Å². The molecule has 0 amide bonds. The lowest BCUT2D eigenvalue weighted by Gasteiger charge is -2.33. The Balaban J connectivity index is 1.84. The van der Waals surface area contributed by atoms with Gasteiger partial charge in [-0.3, -0.25) is 4.79 Å². The van der Waals surface area contributed by atoms with Crippen LogP contribution in [-0.2, 0) is 12.8 Å². The van der Waals surface area contributed by atoms with Crippen LogP contribution < -0.4 is 4.90 Å². The zero-order valence-corrected chi connectivity index (χ0v) is 12.5. The first-order valence-corrected chi connectivity index (χ1v) is 7.66. The average Bonchev–Trinajstić information content (AvgIpc) is 2.54.